The van der Waals surface area contributed by atoms with Gasteiger partial charge < -0.3 is 5.11 Å². The lowest BCUT2D eigenvalue weighted by Crippen LogP contribution is -2.26. The largest absolute Gasteiger partial charge is 0.392 e. The standard InChI is InChI=1S/C9H18O/c1-5-7-8(10)9(3,4)6-2/h6,8,10H,2,5,7H2,1,3-4H3/t8-/m0/s1. The summed E-state index contributed by atoms with van der Waals surface area (Å²) < 4.78 is 0. The number of hydrogen-bond acceptors (Lipinski definition) is 1. The first-order valence-corrected chi connectivity index (χ1v) is 3.86. The average Bonchev–Trinajstić information content (AvgIpc) is 1.89. The van der Waals surface area contributed by atoms with E-state index in [9.17, 15) is 5.11 Å². The Morgan fingerprint density at radius 3 is 2.40 bits per heavy atom. The summed E-state index contributed by atoms with van der Waals surface area (Å²) in [6.45, 7) is 9.75. The molecule has 0 radical (unpaired) electrons. The van der Waals surface area contributed by atoms with Gasteiger partial charge in [0.25, 0.3) is 0 Å². The van der Waals surface area contributed by atoms with Crippen LogP contribution in [0.5, 0.6) is 0 Å². The Kier molecular flexibility index (Phi) is 3.66. The van der Waals surface area contributed by atoms with E-state index in [-0.39, 0.29) is 11.5 Å². The van der Waals surface area contributed by atoms with Crippen LogP contribution in [0.25, 0.3) is 0 Å². The Morgan fingerprint density at radius 1 is 1.60 bits per heavy atom. The van der Waals surface area contributed by atoms with E-state index in [1.54, 1.807) is 0 Å². The van der Waals surface area contributed by atoms with E-state index < -0.39 is 0 Å². The maximum Gasteiger partial charge on any atom is 0.0625 e. The van der Waals surface area contributed by atoms with Crippen LogP contribution in [0.2, 0.25) is 0 Å². The van der Waals surface area contributed by atoms with Gasteiger partial charge in [0.05, 0.1) is 6.10 Å². The zero-order valence-electron chi connectivity index (χ0n) is 7.22. The van der Waals surface area contributed by atoms with E-state index in [1.807, 2.05) is 19.9 Å². The number of rotatable bonds is 4. The molecule has 0 aromatic heterocycles. The second-order valence-corrected chi connectivity index (χ2v) is 3.33. The first kappa shape index (κ1) is 9.70. The van der Waals surface area contributed by atoms with Gasteiger partial charge in [-0.15, -0.1) is 6.58 Å². The van der Waals surface area contributed by atoms with Crippen molar-refractivity contribution in [3.63, 3.8) is 0 Å². The van der Waals surface area contributed by atoms with Gasteiger partial charge in [0.2, 0.25) is 0 Å². The zero-order valence-corrected chi connectivity index (χ0v) is 7.22. The molecule has 0 bridgehead atoms. The topological polar surface area (TPSA) is 20.2 Å². The molecule has 0 aliphatic carbocycles. The maximum absolute atomic E-state index is 9.51. The van der Waals surface area contributed by atoms with Crippen molar-refractivity contribution in [2.75, 3.05) is 0 Å². The van der Waals surface area contributed by atoms with E-state index in [1.165, 1.54) is 0 Å². The van der Waals surface area contributed by atoms with Gasteiger partial charge in [0.1, 0.15) is 0 Å². The first-order chi connectivity index (χ1) is 4.54. The highest BCUT2D eigenvalue weighted by Gasteiger charge is 2.22. The molecule has 0 amide bonds. The molecule has 0 unspecified atom stereocenters. The Morgan fingerprint density at radius 2 is 2.10 bits per heavy atom. The van der Waals surface area contributed by atoms with Crippen LogP contribution in [0.1, 0.15) is 33.6 Å². The fourth-order valence-corrected chi connectivity index (χ4v) is 0.781. The van der Waals surface area contributed by atoms with E-state index in [0.717, 1.165) is 12.8 Å². The van der Waals surface area contributed by atoms with Gasteiger partial charge in [-0.25, -0.2) is 0 Å². The molecule has 0 aliphatic rings. The van der Waals surface area contributed by atoms with Crippen molar-refractivity contribution in [2.24, 2.45) is 5.41 Å². The highest BCUT2D eigenvalue weighted by atomic mass is 16.3. The Balaban J connectivity index is 3.90. The van der Waals surface area contributed by atoms with Crippen molar-refractivity contribution in [1.29, 1.82) is 0 Å². The third-order valence-electron chi connectivity index (χ3n) is 1.95. The van der Waals surface area contributed by atoms with Gasteiger partial charge in [-0.2, -0.15) is 0 Å². The summed E-state index contributed by atoms with van der Waals surface area (Å²) in [6.07, 6.45) is 3.46. The maximum atomic E-state index is 9.51. The van der Waals surface area contributed by atoms with E-state index in [2.05, 4.69) is 13.5 Å². The highest BCUT2D eigenvalue weighted by molar-refractivity contribution is 4.92. The number of hydrogen-bond donors (Lipinski definition) is 1. The van der Waals surface area contributed by atoms with E-state index in [0.29, 0.717) is 0 Å². The predicted octanol–water partition coefficient (Wildman–Crippen LogP) is 2.36. The minimum atomic E-state index is -0.241. The van der Waals surface area contributed by atoms with Crippen LogP contribution in [0.15, 0.2) is 12.7 Å². The molecular weight excluding hydrogens is 124 g/mol. The molecule has 60 valence electrons. The Labute approximate surface area is 63.8 Å². The molecule has 0 fully saturated rings. The monoisotopic (exact) mass is 142 g/mol. The van der Waals surface area contributed by atoms with Crippen LogP contribution in [-0.4, -0.2) is 11.2 Å². The molecule has 1 heteroatoms. The predicted molar refractivity (Wildman–Crippen MR) is 44.9 cm³/mol. The normalized spacial score (nSPS) is 14.8. The molecule has 10 heavy (non-hydrogen) atoms. The summed E-state index contributed by atoms with van der Waals surface area (Å²) in [4.78, 5) is 0. The molecule has 0 rings (SSSR count). The molecule has 0 heterocycles. The Hall–Kier alpha value is -0.300. The lowest BCUT2D eigenvalue weighted by atomic mass is 9.84. The van der Waals surface area contributed by atoms with E-state index in [4.69, 9.17) is 0 Å². The van der Waals surface area contributed by atoms with Gasteiger partial charge in [-0.3, -0.25) is 0 Å². The molecule has 0 saturated carbocycles. The lowest BCUT2D eigenvalue weighted by Gasteiger charge is -2.26. The quantitative estimate of drug-likeness (QED) is 0.597. The van der Waals surface area contributed by atoms with Crippen molar-refractivity contribution < 1.29 is 5.11 Å². The lowest BCUT2D eigenvalue weighted by molar-refractivity contribution is 0.0735. The number of aliphatic hydroxyl groups excluding tert-OH is 1. The average molecular weight is 142 g/mol. The summed E-state index contributed by atoms with van der Waals surface area (Å²) >= 11 is 0. The minimum Gasteiger partial charge on any atom is -0.392 e. The van der Waals surface area contributed by atoms with Crippen molar-refractivity contribution in [3.05, 3.63) is 12.7 Å². The van der Waals surface area contributed by atoms with Gasteiger partial charge in [0.15, 0.2) is 0 Å². The smallest absolute Gasteiger partial charge is 0.0625 e. The van der Waals surface area contributed by atoms with Crippen LogP contribution >= 0.6 is 0 Å². The minimum absolute atomic E-state index is 0.129. The van der Waals surface area contributed by atoms with Crippen molar-refractivity contribution in [3.8, 4) is 0 Å². The summed E-state index contributed by atoms with van der Waals surface area (Å²) in [5.41, 5.74) is -0.129. The molecular formula is C9H18O. The fourth-order valence-electron chi connectivity index (χ4n) is 0.781. The van der Waals surface area contributed by atoms with Crippen LogP contribution in [0.4, 0.5) is 0 Å². The van der Waals surface area contributed by atoms with Gasteiger partial charge >= 0.3 is 0 Å². The summed E-state index contributed by atoms with van der Waals surface area (Å²) in [7, 11) is 0. The Bertz CT molecular complexity index is 105. The fraction of sp³-hybridized carbons (Fsp3) is 0.778. The van der Waals surface area contributed by atoms with E-state index >= 15 is 0 Å². The van der Waals surface area contributed by atoms with Crippen LogP contribution in [0.3, 0.4) is 0 Å². The van der Waals surface area contributed by atoms with Gasteiger partial charge in [-0.1, -0.05) is 33.3 Å². The van der Waals surface area contributed by atoms with Gasteiger partial charge in [0, 0.05) is 5.41 Å². The molecule has 0 aromatic carbocycles. The molecule has 0 aliphatic heterocycles. The van der Waals surface area contributed by atoms with Crippen LogP contribution < -0.4 is 0 Å². The third kappa shape index (κ3) is 2.53. The molecule has 0 spiro atoms. The van der Waals surface area contributed by atoms with Gasteiger partial charge in [-0.05, 0) is 6.42 Å². The first-order valence-electron chi connectivity index (χ1n) is 3.86. The number of aliphatic hydroxyl groups is 1. The SMILES string of the molecule is C=CC(C)(C)[C@@H](O)CCC. The van der Waals surface area contributed by atoms with Crippen molar-refractivity contribution in [1.82, 2.24) is 0 Å². The molecule has 1 nitrogen and oxygen atoms in total. The van der Waals surface area contributed by atoms with Crippen LogP contribution in [0, 0.1) is 5.41 Å². The van der Waals surface area contributed by atoms with Crippen molar-refractivity contribution >= 4 is 0 Å². The third-order valence-corrected chi connectivity index (χ3v) is 1.95. The molecule has 0 saturated heterocycles. The second-order valence-electron chi connectivity index (χ2n) is 3.33. The van der Waals surface area contributed by atoms with Crippen molar-refractivity contribution in [2.45, 2.75) is 39.7 Å². The molecule has 1 atom stereocenters. The molecule has 1 N–H and O–H groups in total. The molecule has 0 aromatic rings. The van der Waals surface area contributed by atoms with Crippen LogP contribution in [-0.2, 0) is 0 Å². The highest BCUT2D eigenvalue weighted by Crippen LogP contribution is 2.24. The summed E-state index contributed by atoms with van der Waals surface area (Å²) in [6, 6.07) is 0. The second kappa shape index (κ2) is 3.77. The summed E-state index contributed by atoms with van der Waals surface area (Å²) in [5.74, 6) is 0. The zero-order chi connectivity index (χ0) is 8.20. The summed E-state index contributed by atoms with van der Waals surface area (Å²) in [5, 5.41) is 9.51.